The second-order valence-corrected chi connectivity index (χ2v) is 10.7. The van der Waals surface area contributed by atoms with Gasteiger partial charge in [0.1, 0.15) is 5.82 Å². The van der Waals surface area contributed by atoms with Gasteiger partial charge in [0.25, 0.3) is 0 Å². The van der Waals surface area contributed by atoms with E-state index in [9.17, 15) is 17.6 Å². The van der Waals surface area contributed by atoms with Gasteiger partial charge in [-0.3, -0.25) is 4.79 Å². The van der Waals surface area contributed by atoms with E-state index in [4.69, 9.17) is 0 Å². The van der Waals surface area contributed by atoms with Gasteiger partial charge >= 0.3 is 0 Å². The molecule has 0 bridgehead atoms. The average Bonchev–Trinajstić information content (AvgIpc) is 2.74. The minimum absolute atomic E-state index is 0.0217. The fraction of sp³-hybridized carbons (Fsp3) is 0.682. The maximum Gasteiger partial charge on any atom is 0.223 e. The molecule has 2 aliphatic heterocycles. The third-order valence-corrected chi connectivity index (χ3v) is 8.17. The van der Waals surface area contributed by atoms with Crippen LogP contribution in [0.5, 0.6) is 0 Å². The summed E-state index contributed by atoms with van der Waals surface area (Å²) in [5, 5.41) is 3.02. The molecule has 8 heteroatoms. The van der Waals surface area contributed by atoms with E-state index in [-0.39, 0.29) is 23.1 Å². The Labute approximate surface area is 179 Å². The zero-order valence-corrected chi connectivity index (χ0v) is 18.7. The second-order valence-electron chi connectivity index (χ2n) is 8.69. The van der Waals surface area contributed by atoms with Crippen LogP contribution in [0.15, 0.2) is 24.3 Å². The monoisotopic (exact) mass is 439 g/mol. The van der Waals surface area contributed by atoms with Crippen molar-refractivity contribution in [1.29, 1.82) is 0 Å². The van der Waals surface area contributed by atoms with Gasteiger partial charge in [0.05, 0.1) is 5.75 Å². The molecule has 0 spiro atoms. The Morgan fingerprint density at radius 2 is 1.77 bits per heavy atom. The molecular formula is C22H34FN3O3S. The minimum Gasteiger partial charge on any atom is -0.356 e. The third kappa shape index (κ3) is 6.49. The molecule has 0 aromatic heterocycles. The van der Waals surface area contributed by atoms with Crippen LogP contribution in [-0.4, -0.2) is 62.8 Å². The summed E-state index contributed by atoms with van der Waals surface area (Å²) in [6.07, 6.45) is 4.46. The molecule has 0 unspecified atom stereocenters. The van der Waals surface area contributed by atoms with Gasteiger partial charge in [-0.25, -0.2) is 17.1 Å². The molecule has 168 valence electrons. The quantitative estimate of drug-likeness (QED) is 0.632. The number of hydrogen-bond donors (Lipinski definition) is 1. The van der Waals surface area contributed by atoms with Gasteiger partial charge in [0.15, 0.2) is 0 Å². The number of likely N-dealkylation sites (tertiary alicyclic amines) is 1. The Hall–Kier alpha value is -1.51. The molecule has 2 fully saturated rings. The van der Waals surface area contributed by atoms with Crippen LogP contribution in [-0.2, 0) is 20.6 Å². The molecule has 0 radical (unpaired) electrons. The Bertz CT molecular complexity index is 802. The molecule has 2 saturated heterocycles. The predicted molar refractivity (Wildman–Crippen MR) is 116 cm³/mol. The number of hydrogen-bond acceptors (Lipinski definition) is 4. The minimum atomic E-state index is -3.59. The fourth-order valence-corrected chi connectivity index (χ4v) is 5.82. The van der Waals surface area contributed by atoms with Crippen molar-refractivity contribution in [2.45, 2.75) is 44.8 Å². The highest BCUT2D eigenvalue weighted by molar-refractivity contribution is 7.88. The lowest BCUT2D eigenvalue weighted by Crippen LogP contribution is -2.43. The van der Waals surface area contributed by atoms with Gasteiger partial charge in [-0.05, 0) is 63.7 Å². The maximum atomic E-state index is 13.8. The van der Waals surface area contributed by atoms with Crippen molar-refractivity contribution in [2.75, 3.05) is 39.3 Å². The SMILES string of the molecule is CC1CCN(CCCNC(=O)C2CCN(S(=O)(=O)Cc3ccccc3F)CC2)CC1. The molecule has 1 N–H and O–H groups in total. The Morgan fingerprint density at radius 1 is 1.10 bits per heavy atom. The number of benzene rings is 1. The molecule has 6 nitrogen and oxygen atoms in total. The number of nitrogens with zero attached hydrogens (tertiary/aromatic N) is 2. The van der Waals surface area contributed by atoms with Crippen molar-refractivity contribution in [3.63, 3.8) is 0 Å². The van der Waals surface area contributed by atoms with E-state index in [0.29, 0.717) is 32.5 Å². The standard InChI is InChI=1S/C22H34FN3O3S/c1-18-7-13-25(14-8-18)12-4-11-24-22(27)19-9-15-26(16-10-19)30(28,29)17-20-5-2-3-6-21(20)23/h2-3,5-6,18-19H,4,7-17H2,1H3,(H,24,27). The van der Waals surface area contributed by atoms with Gasteiger partial charge in [0, 0.05) is 31.1 Å². The van der Waals surface area contributed by atoms with Gasteiger partial charge in [-0.1, -0.05) is 25.1 Å². The van der Waals surface area contributed by atoms with Crippen LogP contribution >= 0.6 is 0 Å². The van der Waals surface area contributed by atoms with Crippen LogP contribution < -0.4 is 5.32 Å². The fourth-order valence-electron chi connectivity index (χ4n) is 4.24. The lowest BCUT2D eigenvalue weighted by atomic mass is 9.97. The van der Waals surface area contributed by atoms with Crippen LogP contribution in [0.3, 0.4) is 0 Å². The van der Waals surface area contributed by atoms with Gasteiger partial charge < -0.3 is 10.2 Å². The molecule has 1 aromatic rings. The summed E-state index contributed by atoms with van der Waals surface area (Å²) in [6, 6.07) is 5.95. The van der Waals surface area contributed by atoms with E-state index in [1.807, 2.05) is 0 Å². The average molecular weight is 440 g/mol. The summed E-state index contributed by atoms with van der Waals surface area (Å²) in [4.78, 5) is 14.9. The normalized spacial score (nSPS) is 20.3. The molecule has 2 heterocycles. The Balaban J connectivity index is 1.37. The van der Waals surface area contributed by atoms with Crippen LogP contribution in [0.1, 0.15) is 44.6 Å². The van der Waals surface area contributed by atoms with Gasteiger partial charge in [0.2, 0.25) is 15.9 Å². The smallest absolute Gasteiger partial charge is 0.223 e. The lowest BCUT2D eigenvalue weighted by molar-refractivity contribution is -0.126. The number of sulfonamides is 1. The summed E-state index contributed by atoms with van der Waals surface area (Å²) in [5.74, 6) is -0.155. The molecule has 2 aliphatic rings. The highest BCUT2D eigenvalue weighted by Crippen LogP contribution is 2.22. The molecular weight excluding hydrogens is 405 g/mol. The van der Waals surface area contributed by atoms with E-state index in [1.165, 1.54) is 29.3 Å². The highest BCUT2D eigenvalue weighted by Gasteiger charge is 2.31. The lowest BCUT2D eigenvalue weighted by Gasteiger charge is -2.31. The van der Waals surface area contributed by atoms with Gasteiger partial charge in [-0.15, -0.1) is 0 Å². The van der Waals surface area contributed by atoms with Crippen molar-refractivity contribution in [3.05, 3.63) is 35.6 Å². The van der Waals surface area contributed by atoms with Crippen molar-refractivity contribution in [1.82, 2.24) is 14.5 Å². The van der Waals surface area contributed by atoms with Gasteiger partial charge in [-0.2, -0.15) is 0 Å². The van der Waals surface area contributed by atoms with Crippen LogP contribution in [0.25, 0.3) is 0 Å². The molecule has 0 aliphatic carbocycles. The number of rotatable bonds is 8. The third-order valence-electron chi connectivity index (χ3n) is 6.34. The number of amides is 1. The molecule has 3 rings (SSSR count). The largest absolute Gasteiger partial charge is 0.356 e. The van der Waals surface area contributed by atoms with Crippen LogP contribution in [0.4, 0.5) is 4.39 Å². The first-order valence-electron chi connectivity index (χ1n) is 11.1. The van der Waals surface area contributed by atoms with Crippen molar-refractivity contribution >= 4 is 15.9 Å². The van der Waals surface area contributed by atoms with E-state index >= 15 is 0 Å². The highest BCUT2D eigenvalue weighted by atomic mass is 32.2. The van der Waals surface area contributed by atoms with E-state index in [2.05, 4.69) is 17.1 Å². The zero-order chi connectivity index (χ0) is 21.6. The van der Waals surface area contributed by atoms with Crippen LogP contribution in [0, 0.1) is 17.7 Å². The summed E-state index contributed by atoms with van der Waals surface area (Å²) >= 11 is 0. The summed E-state index contributed by atoms with van der Waals surface area (Å²) < 4.78 is 40.4. The summed E-state index contributed by atoms with van der Waals surface area (Å²) in [5.41, 5.74) is 0.181. The number of carbonyl (C=O) groups excluding carboxylic acids is 1. The summed E-state index contributed by atoms with van der Waals surface area (Å²) in [6.45, 7) is 6.88. The molecule has 1 aromatic carbocycles. The molecule has 30 heavy (non-hydrogen) atoms. The van der Waals surface area contributed by atoms with Crippen molar-refractivity contribution in [2.24, 2.45) is 11.8 Å². The van der Waals surface area contributed by atoms with E-state index in [1.54, 1.807) is 12.1 Å². The van der Waals surface area contributed by atoms with E-state index < -0.39 is 15.8 Å². The molecule has 1 amide bonds. The van der Waals surface area contributed by atoms with E-state index in [0.717, 1.165) is 32.0 Å². The molecule has 0 atom stereocenters. The Kier molecular flexibility index (Phi) is 8.25. The molecule has 0 saturated carbocycles. The zero-order valence-electron chi connectivity index (χ0n) is 17.9. The topological polar surface area (TPSA) is 69.7 Å². The first-order valence-corrected chi connectivity index (χ1v) is 12.7. The number of nitrogens with one attached hydrogen (secondary N) is 1. The first kappa shape index (κ1) is 23.2. The number of carbonyl (C=O) groups is 1. The maximum absolute atomic E-state index is 13.8. The second kappa shape index (κ2) is 10.7. The van der Waals surface area contributed by atoms with Crippen LogP contribution in [0.2, 0.25) is 0 Å². The number of halogens is 1. The predicted octanol–water partition coefficient (Wildman–Crippen LogP) is 2.61. The summed E-state index contributed by atoms with van der Waals surface area (Å²) in [7, 11) is -3.59. The van der Waals surface area contributed by atoms with Crippen molar-refractivity contribution < 1.29 is 17.6 Å². The first-order chi connectivity index (χ1) is 14.3. The Morgan fingerprint density at radius 3 is 2.43 bits per heavy atom. The number of piperidine rings is 2. The van der Waals surface area contributed by atoms with Crippen molar-refractivity contribution in [3.8, 4) is 0 Å².